The number of hydrogen-bond donors (Lipinski definition) is 0. The van der Waals surface area contributed by atoms with Gasteiger partial charge in [-0.1, -0.05) is 0 Å². The molecule has 0 aliphatic heterocycles. The Morgan fingerprint density at radius 1 is 1.58 bits per heavy atom. The first kappa shape index (κ1) is 9.26. The van der Waals surface area contributed by atoms with Gasteiger partial charge in [0, 0.05) is 31.4 Å². The third-order valence-electron chi connectivity index (χ3n) is 1.80. The van der Waals surface area contributed by atoms with Gasteiger partial charge in [-0.2, -0.15) is 0 Å². The molecule has 66 valence electrons. The first-order valence-electron chi connectivity index (χ1n) is 3.80. The van der Waals surface area contributed by atoms with Crippen molar-refractivity contribution >= 4 is 17.4 Å². The van der Waals surface area contributed by atoms with Crippen molar-refractivity contribution in [2.45, 2.75) is 13.0 Å². The Morgan fingerprint density at radius 3 is 2.83 bits per heavy atom. The van der Waals surface area contributed by atoms with Gasteiger partial charge in [-0.3, -0.25) is 4.98 Å². The van der Waals surface area contributed by atoms with E-state index in [1.54, 1.807) is 18.6 Å². The van der Waals surface area contributed by atoms with E-state index in [9.17, 15) is 0 Å². The number of hydrogen-bond acceptors (Lipinski definition) is 3. The van der Waals surface area contributed by atoms with Crippen LogP contribution < -0.4 is 4.90 Å². The summed E-state index contributed by atoms with van der Waals surface area (Å²) in [7, 11) is 1.96. The Labute approximate surface area is 77.4 Å². The smallest absolute Gasteiger partial charge is 0.147 e. The van der Waals surface area contributed by atoms with E-state index in [1.165, 1.54) is 0 Å². The van der Waals surface area contributed by atoms with Crippen molar-refractivity contribution in [3.8, 4) is 0 Å². The molecule has 1 atom stereocenters. The van der Waals surface area contributed by atoms with Crippen molar-refractivity contribution in [2.75, 3.05) is 17.8 Å². The minimum absolute atomic E-state index is 0.281. The van der Waals surface area contributed by atoms with Crippen LogP contribution in [0.3, 0.4) is 0 Å². The molecule has 1 heterocycles. The van der Waals surface area contributed by atoms with Crippen molar-refractivity contribution < 1.29 is 0 Å². The molecule has 1 unspecified atom stereocenters. The lowest BCUT2D eigenvalue weighted by atomic mass is 10.3. The number of aromatic nitrogens is 2. The van der Waals surface area contributed by atoms with Gasteiger partial charge in [-0.25, -0.2) is 4.98 Å². The van der Waals surface area contributed by atoms with Gasteiger partial charge in [0.05, 0.1) is 6.20 Å². The van der Waals surface area contributed by atoms with Crippen LogP contribution in [0.15, 0.2) is 18.6 Å². The molecule has 12 heavy (non-hydrogen) atoms. The maximum Gasteiger partial charge on any atom is 0.147 e. The maximum absolute atomic E-state index is 5.71. The van der Waals surface area contributed by atoms with Gasteiger partial charge in [0.1, 0.15) is 5.82 Å². The van der Waals surface area contributed by atoms with Crippen LogP contribution in [0.4, 0.5) is 5.82 Å². The quantitative estimate of drug-likeness (QED) is 0.669. The van der Waals surface area contributed by atoms with Gasteiger partial charge in [0.15, 0.2) is 0 Å². The summed E-state index contributed by atoms with van der Waals surface area (Å²) in [6.07, 6.45) is 5.05. The highest BCUT2D eigenvalue weighted by Gasteiger charge is 2.08. The molecule has 0 amide bonds. The van der Waals surface area contributed by atoms with Crippen LogP contribution in [0.25, 0.3) is 0 Å². The molecular formula is C8H12ClN3. The van der Waals surface area contributed by atoms with Crippen molar-refractivity contribution in [1.29, 1.82) is 0 Å². The second-order valence-corrected chi connectivity index (χ2v) is 2.99. The third-order valence-corrected chi connectivity index (χ3v) is 2.24. The molecule has 0 saturated carbocycles. The average Bonchev–Trinajstić information content (AvgIpc) is 2.17. The molecule has 0 saturated heterocycles. The highest BCUT2D eigenvalue weighted by atomic mass is 35.5. The molecule has 0 bridgehead atoms. The summed E-state index contributed by atoms with van der Waals surface area (Å²) < 4.78 is 0. The van der Waals surface area contributed by atoms with Crippen LogP contribution in [0.2, 0.25) is 0 Å². The molecule has 0 spiro atoms. The van der Waals surface area contributed by atoms with Crippen LogP contribution in [0.1, 0.15) is 6.92 Å². The Balaban J connectivity index is 2.71. The van der Waals surface area contributed by atoms with Crippen molar-refractivity contribution in [3.63, 3.8) is 0 Å². The molecule has 0 aliphatic carbocycles. The van der Waals surface area contributed by atoms with Gasteiger partial charge in [-0.05, 0) is 6.92 Å². The zero-order chi connectivity index (χ0) is 8.97. The van der Waals surface area contributed by atoms with E-state index in [1.807, 2.05) is 18.9 Å². The van der Waals surface area contributed by atoms with E-state index in [-0.39, 0.29) is 6.04 Å². The van der Waals surface area contributed by atoms with E-state index < -0.39 is 0 Å². The van der Waals surface area contributed by atoms with Crippen LogP contribution in [0, 0.1) is 0 Å². The molecule has 1 aromatic rings. The third kappa shape index (κ3) is 2.08. The molecule has 0 N–H and O–H groups in total. The van der Waals surface area contributed by atoms with Crippen molar-refractivity contribution in [2.24, 2.45) is 0 Å². The number of halogens is 1. The Bertz CT molecular complexity index is 227. The number of anilines is 1. The first-order chi connectivity index (χ1) is 5.75. The number of alkyl halides is 1. The standard InChI is InChI=1S/C8H12ClN3/c1-7(5-9)12(2)8-6-10-3-4-11-8/h3-4,6-7H,5H2,1-2H3. The second-order valence-electron chi connectivity index (χ2n) is 2.68. The molecule has 0 radical (unpaired) electrons. The van der Waals surface area contributed by atoms with Crippen LogP contribution >= 0.6 is 11.6 Å². The summed E-state index contributed by atoms with van der Waals surface area (Å²) in [5, 5.41) is 0. The zero-order valence-corrected chi connectivity index (χ0v) is 7.99. The number of rotatable bonds is 3. The monoisotopic (exact) mass is 185 g/mol. The Hall–Kier alpha value is -0.830. The second kappa shape index (κ2) is 4.26. The minimum atomic E-state index is 0.281. The molecular weight excluding hydrogens is 174 g/mol. The van der Waals surface area contributed by atoms with Crippen LogP contribution in [-0.4, -0.2) is 28.9 Å². The molecule has 1 rings (SSSR count). The predicted octanol–water partition coefficient (Wildman–Crippen LogP) is 1.54. The van der Waals surface area contributed by atoms with Gasteiger partial charge in [0.2, 0.25) is 0 Å². The number of nitrogens with zero attached hydrogens (tertiary/aromatic N) is 3. The lowest BCUT2D eigenvalue weighted by molar-refractivity contribution is 0.747. The molecule has 0 fully saturated rings. The summed E-state index contributed by atoms with van der Waals surface area (Å²) in [5.74, 6) is 1.44. The van der Waals surface area contributed by atoms with Gasteiger partial charge < -0.3 is 4.90 Å². The van der Waals surface area contributed by atoms with Crippen molar-refractivity contribution in [1.82, 2.24) is 9.97 Å². The molecule has 0 aromatic carbocycles. The molecule has 0 aliphatic rings. The fourth-order valence-corrected chi connectivity index (χ4v) is 1.01. The lowest BCUT2D eigenvalue weighted by Gasteiger charge is -2.23. The van der Waals surface area contributed by atoms with E-state index in [0.29, 0.717) is 5.88 Å². The summed E-state index contributed by atoms with van der Waals surface area (Å²) in [6.45, 7) is 2.04. The molecule has 3 nitrogen and oxygen atoms in total. The highest BCUT2D eigenvalue weighted by Crippen LogP contribution is 2.09. The van der Waals surface area contributed by atoms with Crippen LogP contribution in [-0.2, 0) is 0 Å². The summed E-state index contributed by atoms with van der Waals surface area (Å²) in [4.78, 5) is 10.1. The van der Waals surface area contributed by atoms with Crippen molar-refractivity contribution in [3.05, 3.63) is 18.6 Å². The summed E-state index contributed by atoms with van der Waals surface area (Å²) in [5.41, 5.74) is 0. The normalized spacial score (nSPS) is 12.6. The average molecular weight is 186 g/mol. The fourth-order valence-electron chi connectivity index (χ4n) is 0.803. The predicted molar refractivity (Wildman–Crippen MR) is 50.6 cm³/mol. The topological polar surface area (TPSA) is 29.0 Å². The lowest BCUT2D eigenvalue weighted by Crippen LogP contribution is -2.30. The van der Waals surface area contributed by atoms with Gasteiger partial charge >= 0.3 is 0 Å². The summed E-state index contributed by atoms with van der Waals surface area (Å²) >= 11 is 5.71. The molecule has 4 heteroatoms. The Morgan fingerprint density at radius 2 is 2.33 bits per heavy atom. The first-order valence-corrected chi connectivity index (χ1v) is 4.34. The Kier molecular flexibility index (Phi) is 3.29. The zero-order valence-electron chi connectivity index (χ0n) is 7.24. The SMILES string of the molecule is CC(CCl)N(C)c1cnccn1. The molecule has 1 aromatic heterocycles. The minimum Gasteiger partial charge on any atom is -0.355 e. The highest BCUT2D eigenvalue weighted by molar-refractivity contribution is 6.18. The van der Waals surface area contributed by atoms with E-state index >= 15 is 0 Å². The van der Waals surface area contributed by atoms with Crippen LogP contribution in [0.5, 0.6) is 0 Å². The van der Waals surface area contributed by atoms with Gasteiger partial charge in [-0.15, -0.1) is 11.6 Å². The fraction of sp³-hybridized carbons (Fsp3) is 0.500. The summed E-state index contributed by atoms with van der Waals surface area (Å²) in [6, 6.07) is 0.281. The van der Waals surface area contributed by atoms with Gasteiger partial charge in [0.25, 0.3) is 0 Å². The maximum atomic E-state index is 5.71. The van der Waals surface area contributed by atoms with E-state index in [0.717, 1.165) is 5.82 Å². The largest absolute Gasteiger partial charge is 0.355 e. The van der Waals surface area contributed by atoms with E-state index in [2.05, 4.69) is 9.97 Å². The van der Waals surface area contributed by atoms with E-state index in [4.69, 9.17) is 11.6 Å².